The number of ketones is 1. The first-order valence-corrected chi connectivity index (χ1v) is 6.39. The van der Waals surface area contributed by atoms with E-state index < -0.39 is 0 Å². The SMILES string of the molecule is COc1c(C)cnc(CC(=O)C2COCC2N)c1C. The molecule has 0 spiro atoms. The standard InChI is InChI=1S/C14H20N2O3/c1-8-5-16-12(9(2)14(8)18-3)4-13(17)10-6-19-7-11(10)15/h5,10-11H,4,6-7,15H2,1-3H3. The molecule has 104 valence electrons. The number of pyridine rings is 1. The average molecular weight is 264 g/mol. The van der Waals surface area contributed by atoms with Crippen LogP contribution >= 0.6 is 0 Å². The lowest BCUT2D eigenvalue weighted by Crippen LogP contribution is -2.35. The highest BCUT2D eigenvalue weighted by Crippen LogP contribution is 2.25. The zero-order valence-electron chi connectivity index (χ0n) is 11.6. The lowest BCUT2D eigenvalue weighted by Gasteiger charge is -2.14. The second-order valence-corrected chi connectivity index (χ2v) is 5.00. The van der Waals surface area contributed by atoms with Crippen LogP contribution in [0.15, 0.2) is 6.20 Å². The second-order valence-electron chi connectivity index (χ2n) is 5.00. The minimum atomic E-state index is -0.214. The van der Waals surface area contributed by atoms with Crippen LogP contribution in [0.2, 0.25) is 0 Å². The molecule has 0 aliphatic carbocycles. The summed E-state index contributed by atoms with van der Waals surface area (Å²) in [5, 5.41) is 0. The summed E-state index contributed by atoms with van der Waals surface area (Å²) in [7, 11) is 1.63. The number of aryl methyl sites for hydroxylation is 1. The molecule has 5 heteroatoms. The van der Waals surface area contributed by atoms with E-state index in [9.17, 15) is 4.79 Å². The van der Waals surface area contributed by atoms with Gasteiger partial charge in [-0.2, -0.15) is 0 Å². The van der Waals surface area contributed by atoms with E-state index in [0.717, 1.165) is 22.6 Å². The Hall–Kier alpha value is -1.46. The van der Waals surface area contributed by atoms with Gasteiger partial charge in [-0.05, 0) is 13.8 Å². The predicted octanol–water partition coefficient (Wildman–Crippen LogP) is 0.792. The van der Waals surface area contributed by atoms with Gasteiger partial charge < -0.3 is 15.2 Å². The minimum Gasteiger partial charge on any atom is -0.496 e. The van der Waals surface area contributed by atoms with E-state index in [2.05, 4.69) is 4.98 Å². The number of hydrogen-bond acceptors (Lipinski definition) is 5. The number of methoxy groups -OCH3 is 1. The smallest absolute Gasteiger partial charge is 0.145 e. The van der Waals surface area contributed by atoms with Gasteiger partial charge in [0, 0.05) is 29.8 Å². The molecule has 1 aromatic rings. The molecule has 2 atom stereocenters. The molecule has 0 radical (unpaired) electrons. The Morgan fingerprint density at radius 3 is 2.84 bits per heavy atom. The normalized spacial score (nSPS) is 22.5. The van der Waals surface area contributed by atoms with Crippen molar-refractivity contribution in [3.63, 3.8) is 0 Å². The number of ether oxygens (including phenoxy) is 2. The Labute approximate surface area is 113 Å². The molecule has 2 unspecified atom stereocenters. The van der Waals surface area contributed by atoms with Crippen molar-refractivity contribution in [3.05, 3.63) is 23.0 Å². The van der Waals surface area contributed by atoms with E-state index >= 15 is 0 Å². The highest BCUT2D eigenvalue weighted by Gasteiger charge is 2.31. The molecule has 0 amide bonds. The van der Waals surface area contributed by atoms with Crippen LogP contribution in [0.1, 0.15) is 16.8 Å². The van der Waals surface area contributed by atoms with Crippen LogP contribution in [-0.4, -0.2) is 37.1 Å². The predicted molar refractivity (Wildman–Crippen MR) is 71.3 cm³/mol. The van der Waals surface area contributed by atoms with Crippen molar-refractivity contribution in [2.75, 3.05) is 20.3 Å². The average Bonchev–Trinajstić information content (AvgIpc) is 2.80. The third-order valence-corrected chi connectivity index (χ3v) is 3.63. The molecule has 1 saturated heterocycles. The summed E-state index contributed by atoms with van der Waals surface area (Å²) in [6.07, 6.45) is 2.02. The lowest BCUT2D eigenvalue weighted by molar-refractivity contribution is -0.122. The number of nitrogens with two attached hydrogens (primary N) is 1. The van der Waals surface area contributed by atoms with Crippen LogP contribution in [0, 0.1) is 19.8 Å². The van der Waals surface area contributed by atoms with Crippen LogP contribution in [0.25, 0.3) is 0 Å². The zero-order chi connectivity index (χ0) is 14.0. The van der Waals surface area contributed by atoms with Crippen LogP contribution in [0.4, 0.5) is 0 Å². The fourth-order valence-electron chi connectivity index (χ4n) is 2.45. The van der Waals surface area contributed by atoms with Gasteiger partial charge in [0.2, 0.25) is 0 Å². The molecule has 2 N–H and O–H groups in total. The van der Waals surface area contributed by atoms with Gasteiger partial charge in [0.1, 0.15) is 11.5 Å². The van der Waals surface area contributed by atoms with E-state index in [1.54, 1.807) is 13.3 Å². The van der Waals surface area contributed by atoms with Gasteiger partial charge in [0.15, 0.2) is 0 Å². The Balaban J connectivity index is 2.17. The Bertz CT molecular complexity index is 488. The molecule has 2 heterocycles. The van der Waals surface area contributed by atoms with Gasteiger partial charge in [-0.3, -0.25) is 9.78 Å². The summed E-state index contributed by atoms with van der Waals surface area (Å²) < 4.78 is 10.6. The lowest BCUT2D eigenvalue weighted by atomic mass is 9.94. The molecule has 1 aromatic heterocycles. The minimum absolute atomic E-state index is 0.0894. The van der Waals surface area contributed by atoms with Crippen molar-refractivity contribution in [1.82, 2.24) is 4.98 Å². The number of hydrogen-bond donors (Lipinski definition) is 1. The second kappa shape index (κ2) is 5.67. The van der Waals surface area contributed by atoms with E-state index in [1.807, 2.05) is 13.8 Å². The van der Waals surface area contributed by atoms with Crippen LogP contribution in [-0.2, 0) is 16.0 Å². The topological polar surface area (TPSA) is 74.4 Å². The van der Waals surface area contributed by atoms with E-state index in [4.69, 9.17) is 15.2 Å². The summed E-state index contributed by atoms with van der Waals surface area (Å²) in [4.78, 5) is 16.6. The first-order chi connectivity index (χ1) is 9.04. The van der Waals surface area contributed by atoms with Crippen molar-refractivity contribution in [2.45, 2.75) is 26.3 Å². The fraction of sp³-hybridized carbons (Fsp3) is 0.571. The molecule has 0 aromatic carbocycles. The molecule has 0 bridgehead atoms. The van der Waals surface area contributed by atoms with Crippen LogP contribution < -0.4 is 10.5 Å². The first kappa shape index (κ1) is 14.0. The molecule has 1 fully saturated rings. The summed E-state index contributed by atoms with van der Waals surface area (Å²) in [5.41, 5.74) is 8.51. The van der Waals surface area contributed by atoms with Gasteiger partial charge in [-0.15, -0.1) is 0 Å². The molecule has 19 heavy (non-hydrogen) atoms. The van der Waals surface area contributed by atoms with Gasteiger partial charge in [0.25, 0.3) is 0 Å². The van der Waals surface area contributed by atoms with E-state index in [0.29, 0.717) is 13.2 Å². The summed E-state index contributed by atoms with van der Waals surface area (Å²) in [5.74, 6) is 0.671. The van der Waals surface area contributed by atoms with Gasteiger partial charge in [0.05, 0.1) is 31.9 Å². The maximum atomic E-state index is 12.2. The molecule has 1 aliphatic heterocycles. The Kier molecular flexibility index (Phi) is 4.17. The van der Waals surface area contributed by atoms with Crippen molar-refractivity contribution in [3.8, 4) is 5.75 Å². The van der Waals surface area contributed by atoms with E-state index in [-0.39, 0.29) is 24.2 Å². The highest BCUT2D eigenvalue weighted by molar-refractivity contribution is 5.84. The van der Waals surface area contributed by atoms with Crippen LogP contribution in [0.5, 0.6) is 5.75 Å². The molecule has 0 saturated carbocycles. The Morgan fingerprint density at radius 1 is 1.53 bits per heavy atom. The third-order valence-electron chi connectivity index (χ3n) is 3.63. The number of aromatic nitrogens is 1. The maximum absolute atomic E-state index is 12.2. The maximum Gasteiger partial charge on any atom is 0.145 e. The van der Waals surface area contributed by atoms with Gasteiger partial charge in [-0.25, -0.2) is 0 Å². The van der Waals surface area contributed by atoms with Crippen LogP contribution in [0.3, 0.4) is 0 Å². The van der Waals surface area contributed by atoms with Crippen molar-refractivity contribution < 1.29 is 14.3 Å². The zero-order valence-corrected chi connectivity index (χ0v) is 11.6. The first-order valence-electron chi connectivity index (χ1n) is 6.39. The fourth-order valence-corrected chi connectivity index (χ4v) is 2.45. The van der Waals surface area contributed by atoms with E-state index in [1.165, 1.54) is 0 Å². The van der Waals surface area contributed by atoms with Gasteiger partial charge >= 0.3 is 0 Å². The summed E-state index contributed by atoms with van der Waals surface area (Å²) in [6.45, 7) is 4.74. The van der Waals surface area contributed by atoms with Crippen molar-refractivity contribution >= 4 is 5.78 Å². The molecule has 2 rings (SSSR count). The number of carbonyl (C=O) groups excluding carboxylic acids is 1. The number of nitrogens with zero attached hydrogens (tertiary/aromatic N) is 1. The molecular weight excluding hydrogens is 244 g/mol. The van der Waals surface area contributed by atoms with Crippen molar-refractivity contribution in [2.24, 2.45) is 11.7 Å². The highest BCUT2D eigenvalue weighted by atomic mass is 16.5. The van der Waals surface area contributed by atoms with Crippen molar-refractivity contribution in [1.29, 1.82) is 0 Å². The number of Topliss-reactive ketones (excluding diaryl/α,β-unsaturated/α-hetero) is 1. The quantitative estimate of drug-likeness (QED) is 0.870. The van der Waals surface area contributed by atoms with Gasteiger partial charge in [-0.1, -0.05) is 0 Å². The Morgan fingerprint density at radius 2 is 2.26 bits per heavy atom. The monoisotopic (exact) mass is 264 g/mol. The number of rotatable bonds is 4. The summed E-state index contributed by atoms with van der Waals surface area (Å²) in [6, 6.07) is -0.194. The summed E-state index contributed by atoms with van der Waals surface area (Å²) >= 11 is 0. The molecule has 5 nitrogen and oxygen atoms in total. The largest absolute Gasteiger partial charge is 0.496 e. The third kappa shape index (κ3) is 2.77. The molecule has 1 aliphatic rings. The number of carbonyl (C=O) groups is 1. The molecular formula is C14H20N2O3.